The summed E-state index contributed by atoms with van der Waals surface area (Å²) in [6.45, 7) is 1.49. The molecule has 23 heavy (non-hydrogen) atoms. The molecule has 1 unspecified atom stereocenters. The van der Waals surface area contributed by atoms with Crippen LogP contribution in [0.4, 0.5) is 0 Å². The van der Waals surface area contributed by atoms with E-state index in [1.165, 1.54) is 27.8 Å². The number of nitrogens with zero attached hydrogens (tertiary/aromatic N) is 2. The minimum absolute atomic E-state index is 0.176. The Hall–Kier alpha value is -2.02. The summed E-state index contributed by atoms with van der Waals surface area (Å²) >= 11 is 1.50. The van der Waals surface area contributed by atoms with Gasteiger partial charge in [-0.3, -0.25) is 9.36 Å². The predicted octanol–water partition coefficient (Wildman–Crippen LogP) is 2.14. The van der Waals surface area contributed by atoms with Gasteiger partial charge in [-0.1, -0.05) is 37.3 Å². The summed E-state index contributed by atoms with van der Waals surface area (Å²) in [7, 11) is 0. The van der Waals surface area contributed by atoms with Gasteiger partial charge in [-0.05, 0) is 11.6 Å². The van der Waals surface area contributed by atoms with Crippen molar-refractivity contribution in [3.8, 4) is 0 Å². The lowest BCUT2D eigenvalue weighted by atomic mass is 9.99. The van der Waals surface area contributed by atoms with Crippen LogP contribution in [-0.2, 0) is 0 Å². The molecular weight excluding hydrogens is 312 g/mol. The van der Waals surface area contributed by atoms with E-state index in [0.717, 1.165) is 4.88 Å². The number of thiophene rings is 1. The summed E-state index contributed by atoms with van der Waals surface area (Å²) in [6, 6.07) is 11.3. The van der Waals surface area contributed by atoms with Crippen molar-refractivity contribution in [1.29, 1.82) is 0 Å². The molecule has 3 aromatic rings. The minimum atomic E-state index is -0.658. The zero-order valence-electron chi connectivity index (χ0n) is 12.7. The Morgan fingerprint density at radius 2 is 1.91 bits per heavy atom. The van der Waals surface area contributed by atoms with Gasteiger partial charge in [0, 0.05) is 10.8 Å². The van der Waals surface area contributed by atoms with Crippen molar-refractivity contribution in [1.82, 2.24) is 9.55 Å². The van der Waals surface area contributed by atoms with Gasteiger partial charge in [0.1, 0.15) is 4.83 Å². The Morgan fingerprint density at radius 1 is 1.22 bits per heavy atom. The first-order valence-corrected chi connectivity index (χ1v) is 8.24. The van der Waals surface area contributed by atoms with Gasteiger partial charge in [0.15, 0.2) is 0 Å². The second kappa shape index (κ2) is 6.62. The van der Waals surface area contributed by atoms with Crippen LogP contribution in [0.1, 0.15) is 29.3 Å². The molecule has 2 N–H and O–H groups in total. The molecule has 0 aliphatic carbocycles. The summed E-state index contributed by atoms with van der Waals surface area (Å²) in [4.78, 5) is 18.6. The lowest BCUT2D eigenvalue weighted by Gasteiger charge is -2.13. The molecule has 6 heteroatoms. The van der Waals surface area contributed by atoms with Gasteiger partial charge in [-0.2, -0.15) is 0 Å². The fraction of sp³-hybridized carbons (Fsp3) is 0.294. The highest BCUT2D eigenvalue weighted by Gasteiger charge is 2.17. The third kappa shape index (κ3) is 2.93. The second-order valence-electron chi connectivity index (χ2n) is 5.48. The molecule has 3 rings (SSSR count). The smallest absolute Gasteiger partial charge is 0.262 e. The molecule has 0 amide bonds. The molecule has 120 valence electrons. The van der Waals surface area contributed by atoms with Crippen molar-refractivity contribution in [3.05, 3.63) is 63.5 Å². The Balaban J connectivity index is 2.06. The van der Waals surface area contributed by atoms with E-state index in [9.17, 15) is 15.0 Å². The molecule has 0 fully saturated rings. The highest BCUT2D eigenvalue weighted by atomic mass is 32.1. The van der Waals surface area contributed by atoms with Gasteiger partial charge < -0.3 is 10.2 Å². The van der Waals surface area contributed by atoms with E-state index in [0.29, 0.717) is 10.2 Å². The first kappa shape index (κ1) is 15.9. The van der Waals surface area contributed by atoms with Crippen LogP contribution in [0.2, 0.25) is 0 Å². The van der Waals surface area contributed by atoms with Gasteiger partial charge in [-0.15, -0.1) is 11.3 Å². The van der Waals surface area contributed by atoms with Crippen molar-refractivity contribution in [2.45, 2.75) is 18.9 Å². The number of aromatic nitrogens is 2. The molecule has 0 aliphatic rings. The average molecular weight is 330 g/mol. The summed E-state index contributed by atoms with van der Waals surface area (Å²) in [5, 5.41) is 19.1. The molecule has 1 aromatic carbocycles. The lowest BCUT2D eigenvalue weighted by Crippen LogP contribution is -2.29. The van der Waals surface area contributed by atoms with Gasteiger partial charge in [0.05, 0.1) is 31.0 Å². The molecule has 0 saturated carbocycles. The summed E-state index contributed by atoms with van der Waals surface area (Å²) in [6.07, 6.45) is 1.40. The van der Waals surface area contributed by atoms with Crippen molar-refractivity contribution >= 4 is 21.6 Å². The van der Waals surface area contributed by atoms with Gasteiger partial charge in [0.25, 0.3) is 5.56 Å². The van der Waals surface area contributed by atoms with Crippen LogP contribution in [-0.4, -0.2) is 33.0 Å². The second-order valence-corrected chi connectivity index (χ2v) is 6.54. The first-order valence-electron chi connectivity index (χ1n) is 7.43. The molecule has 0 aliphatic heterocycles. The van der Waals surface area contributed by atoms with E-state index in [4.69, 9.17) is 0 Å². The van der Waals surface area contributed by atoms with Gasteiger partial charge in [-0.25, -0.2) is 4.98 Å². The standard InChI is InChI=1S/C17H18N2O3S/c1-11(12-5-3-2-4-6-12)15-7-14-16(23-15)18-10-19(17(14)22)13(8-20)9-21/h2-7,10-11,13,20-21H,8-9H2,1H3. The molecule has 1 atom stereocenters. The maximum atomic E-state index is 12.6. The molecule has 0 spiro atoms. The van der Waals surface area contributed by atoms with Crippen LogP contribution in [0.15, 0.2) is 47.5 Å². The number of aliphatic hydroxyl groups excluding tert-OH is 2. The van der Waals surface area contributed by atoms with E-state index in [1.54, 1.807) is 0 Å². The number of rotatable bonds is 5. The monoisotopic (exact) mass is 330 g/mol. The molecule has 5 nitrogen and oxygen atoms in total. The Bertz CT molecular complexity index is 853. The zero-order valence-corrected chi connectivity index (χ0v) is 13.5. The van der Waals surface area contributed by atoms with E-state index >= 15 is 0 Å². The summed E-state index contributed by atoms with van der Waals surface area (Å²) in [5.41, 5.74) is 0.953. The SMILES string of the molecule is CC(c1ccccc1)c1cc2c(=O)n(C(CO)CO)cnc2s1. The number of hydrogen-bond acceptors (Lipinski definition) is 5. The number of hydrogen-bond donors (Lipinski definition) is 2. The fourth-order valence-electron chi connectivity index (χ4n) is 2.57. The van der Waals surface area contributed by atoms with Crippen LogP contribution in [0.25, 0.3) is 10.2 Å². The third-order valence-electron chi connectivity index (χ3n) is 4.04. The maximum Gasteiger partial charge on any atom is 0.262 e. The lowest BCUT2D eigenvalue weighted by molar-refractivity contribution is 0.152. The van der Waals surface area contributed by atoms with E-state index < -0.39 is 6.04 Å². The van der Waals surface area contributed by atoms with E-state index in [1.807, 2.05) is 24.3 Å². The van der Waals surface area contributed by atoms with Crippen molar-refractivity contribution in [2.75, 3.05) is 13.2 Å². The summed E-state index contributed by atoms with van der Waals surface area (Å²) in [5.74, 6) is 0.176. The van der Waals surface area contributed by atoms with Crippen LogP contribution in [0.3, 0.4) is 0 Å². The quantitative estimate of drug-likeness (QED) is 0.751. The zero-order chi connectivity index (χ0) is 16.4. The van der Waals surface area contributed by atoms with Crippen LogP contribution in [0.5, 0.6) is 0 Å². The Labute approximate surface area is 137 Å². The van der Waals surface area contributed by atoms with Crippen LogP contribution < -0.4 is 5.56 Å². The number of aliphatic hydroxyl groups is 2. The van der Waals surface area contributed by atoms with Crippen LogP contribution >= 0.6 is 11.3 Å². The molecule has 2 heterocycles. The normalized spacial score (nSPS) is 12.9. The Kier molecular flexibility index (Phi) is 4.56. The number of benzene rings is 1. The number of fused-ring (bicyclic) bond motifs is 1. The van der Waals surface area contributed by atoms with Crippen molar-refractivity contribution < 1.29 is 10.2 Å². The average Bonchev–Trinajstić information content (AvgIpc) is 3.03. The highest BCUT2D eigenvalue weighted by Crippen LogP contribution is 2.32. The van der Waals surface area contributed by atoms with Crippen LogP contribution in [0, 0.1) is 0 Å². The van der Waals surface area contributed by atoms with E-state index in [2.05, 4.69) is 24.0 Å². The minimum Gasteiger partial charge on any atom is -0.394 e. The summed E-state index contributed by atoms with van der Waals surface area (Å²) < 4.78 is 1.30. The highest BCUT2D eigenvalue weighted by molar-refractivity contribution is 7.18. The molecule has 0 bridgehead atoms. The van der Waals surface area contributed by atoms with Gasteiger partial charge >= 0.3 is 0 Å². The van der Waals surface area contributed by atoms with Crippen molar-refractivity contribution in [3.63, 3.8) is 0 Å². The van der Waals surface area contributed by atoms with Crippen molar-refractivity contribution in [2.24, 2.45) is 0 Å². The fourth-order valence-corrected chi connectivity index (χ4v) is 3.64. The Morgan fingerprint density at radius 3 is 2.57 bits per heavy atom. The molecule has 0 radical (unpaired) electrons. The molecule has 2 aromatic heterocycles. The van der Waals surface area contributed by atoms with Gasteiger partial charge in [0.2, 0.25) is 0 Å². The van der Waals surface area contributed by atoms with E-state index in [-0.39, 0.29) is 24.7 Å². The topological polar surface area (TPSA) is 75.4 Å². The maximum absolute atomic E-state index is 12.6. The third-order valence-corrected chi connectivity index (χ3v) is 5.26. The largest absolute Gasteiger partial charge is 0.394 e. The predicted molar refractivity (Wildman–Crippen MR) is 91.0 cm³/mol. The molecular formula is C17H18N2O3S. The molecule has 0 saturated heterocycles. The first-order chi connectivity index (χ1) is 11.2.